The summed E-state index contributed by atoms with van der Waals surface area (Å²) in [5.41, 5.74) is 0. The molecule has 2 heterocycles. The SMILES string of the molecule is CCNC(=NCCc1ccco1)NC1CCN(CC2CCCC2)C1.I. The molecule has 0 spiro atoms. The molecule has 0 bridgehead atoms. The van der Waals surface area contributed by atoms with E-state index in [0.29, 0.717) is 6.04 Å². The highest BCUT2D eigenvalue weighted by Crippen LogP contribution is 2.26. The first-order valence-corrected chi connectivity index (χ1v) is 9.63. The van der Waals surface area contributed by atoms with Crippen molar-refractivity contribution in [1.29, 1.82) is 0 Å². The van der Waals surface area contributed by atoms with Gasteiger partial charge in [-0.2, -0.15) is 0 Å². The van der Waals surface area contributed by atoms with Gasteiger partial charge in [0.1, 0.15) is 5.76 Å². The topological polar surface area (TPSA) is 52.8 Å². The molecule has 1 aliphatic heterocycles. The Bertz CT molecular complexity index is 500. The Morgan fingerprint density at radius 3 is 2.88 bits per heavy atom. The number of nitrogens with zero attached hydrogens (tertiary/aromatic N) is 2. The van der Waals surface area contributed by atoms with E-state index in [4.69, 9.17) is 9.41 Å². The lowest BCUT2D eigenvalue weighted by Gasteiger charge is -2.21. The number of aliphatic imine (C=N–C) groups is 1. The zero-order valence-electron chi connectivity index (χ0n) is 15.4. The van der Waals surface area contributed by atoms with Gasteiger partial charge < -0.3 is 20.0 Å². The second-order valence-electron chi connectivity index (χ2n) is 7.13. The second kappa shape index (κ2) is 11.1. The van der Waals surface area contributed by atoms with Gasteiger partial charge in [-0.05, 0) is 44.2 Å². The number of nitrogens with one attached hydrogen (secondary N) is 2. The van der Waals surface area contributed by atoms with Crippen LogP contribution in [0.3, 0.4) is 0 Å². The molecule has 2 N–H and O–H groups in total. The molecule has 3 rings (SSSR count). The molecule has 0 amide bonds. The van der Waals surface area contributed by atoms with Gasteiger partial charge in [-0.25, -0.2) is 0 Å². The van der Waals surface area contributed by atoms with Gasteiger partial charge in [0.05, 0.1) is 6.26 Å². The van der Waals surface area contributed by atoms with Gasteiger partial charge in [0.25, 0.3) is 0 Å². The molecule has 1 aromatic heterocycles. The molecule has 5 nitrogen and oxygen atoms in total. The quantitative estimate of drug-likeness (QED) is 0.373. The zero-order chi connectivity index (χ0) is 16.6. The molecule has 1 atom stereocenters. The van der Waals surface area contributed by atoms with E-state index in [0.717, 1.165) is 43.7 Å². The Labute approximate surface area is 169 Å². The standard InChI is InChI=1S/C19H32N4O.HI/c1-2-20-19(21-11-9-18-8-5-13-24-18)22-17-10-12-23(15-17)14-16-6-3-4-7-16;/h5,8,13,16-17H,2-4,6-7,9-12,14-15H2,1H3,(H2,20,21,22);1H. The fourth-order valence-corrected chi connectivity index (χ4v) is 3.92. The van der Waals surface area contributed by atoms with Crippen molar-refractivity contribution >= 4 is 29.9 Å². The molecule has 142 valence electrons. The van der Waals surface area contributed by atoms with Crippen molar-refractivity contribution in [3.63, 3.8) is 0 Å². The lowest BCUT2D eigenvalue weighted by molar-refractivity contribution is 0.275. The summed E-state index contributed by atoms with van der Waals surface area (Å²) in [6.07, 6.45) is 9.54. The predicted octanol–water partition coefficient (Wildman–Crippen LogP) is 3.26. The minimum absolute atomic E-state index is 0. The Morgan fingerprint density at radius 2 is 2.16 bits per heavy atom. The van der Waals surface area contributed by atoms with E-state index < -0.39 is 0 Å². The molecular formula is C19H33IN4O. The second-order valence-corrected chi connectivity index (χ2v) is 7.13. The summed E-state index contributed by atoms with van der Waals surface area (Å²) in [5, 5.41) is 6.99. The van der Waals surface area contributed by atoms with Crippen molar-refractivity contribution in [3.05, 3.63) is 24.2 Å². The van der Waals surface area contributed by atoms with Gasteiger partial charge >= 0.3 is 0 Å². The summed E-state index contributed by atoms with van der Waals surface area (Å²) in [7, 11) is 0. The van der Waals surface area contributed by atoms with Crippen molar-refractivity contribution in [3.8, 4) is 0 Å². The molecule has 1 saturated carbocycles. The van der Waals surface area contributed by atoms with Crippen LogP contribution in [0.2, 0.25) is 0 Å². The summed E-state index contributed by atoms with van der Waals surface area (Å²) in [5.74, 6) is 2.88. The van der Waals surface area contributed by atoms with Crippen LogP contribution in [0.1, 0.15) is 44.8 Å². The van der Waals surface area contributed by atoms with Gasteiger partial charge in [-0.3, -0.25) is 4.99 Å². The van der Waals surface area contributed by atoms with Crippen molar-refractivity contribution in [2.24, 2.45) is 10.9 Å². The van der Waals surface area contributed by atoms with E-state index in [9.17, 15) is 0 Å². The first-order chi connectivity index (χ1) is 11.8. The van der Waals surface area contributed by atoms with Crippen LogP contribution in [-0.4, -0.2) is 49.6 Å². The van der Waals surface area contributed by atoms with Crippen LogP contribution in [0.25, 0.3) is 0 Å². The van der Waals surface area contributed by atoms with E-state index in [1.54, 1.807) is 6.26 Å². The van der Waals surface area contributed by atoms with Crippen LogP contribution in [-0.2, 0) is 6.42 Å². The minimum Gasteiger partial charge on any atom is -0.469 e. The van der Waals surface area contributed by atoms with E-state index >= 15 is 0 Å². The normalized spacial score (nSPS) is 22.1. The van der Waals surface area contributed by atoms with E-state index in [2.05, 4.69) is 22.5 Å². The van der Waals surface area contributed by atoms with Crippen molar-refractivity contribution in [2.75, 3.05) is 32.7 Å². The molecular weight excluding hydrogens is 427 g/mol. The summed E-state index contributed by atoms with van der Waals surface area (Å²) < 4.78 is 5.37. The molecule has 6 heteroatoms. The van der Waals surface area contributed by atoms with Crippen LogP contribution in [0.4, 0.5) is 0 Å². The van der Waals surface area contributed by atoms with Gasteiger partial charge in [0.2, 0.25) is 0 Å². The molecule has 1 aromatic rings. The Kier molecular flexibility index (Phi) is 9.09. The summed E-state index contributed by atoms with van der Waals surface area (Å²) in [4.78, 5) is 7.34. The van der Waals surface area contributed by atoms with Gasteiger partial charge in [-0.15, -0.1) is 24.0 Å². The van der Waals surface area contributed by atoms with E-state index in [1.165, 1.54) is 45.2 Å². The van der Waals surface area contributed by atoms with Crippen molar-refractivity contribution in [2.45, 2.75) is 51.5 Å². The minimum atomic E-state index is 0. The Balaban J connectivity index is 0.00000225. The number of furan rings is 1. The van der Waals surface area contributed by atoms with E-state index in [1.807, 2.05) is 12.1 Å². The number of halogens is 1. The zero-order valence-corrected chi connectivity index (χ0v) is 17.7. The highest BCUT2D eigenvalue weighted by atomic mass is 127. The molecule has 25 heavy (non-hydrogen) atoms. The summed E-state index contributed by atoms with van der Waals surface area (Å²) >= 11 is 0. The van der Waals surface area contributed by atoms with Gasteiger partial charge in [-0.1, -0.05) is 12.8 Å². The fraction of sp³-hybridized carbons (Fsp3) is 0.737. The summed E-state index contributed by atoms with van der Waals surface area (Å²) in [6, 6.07) is 4.46. The molecule has 1 aliphatic carbocycles. The smallest absolute Gasteiger partial charge is 0.191 e. The van der Waals surface area contributed by atoms with E-state index in [-0.39, 0.29) is 24.0 Å². The highest BCUT2D eigenvalue weighted by molar-refractivity contribution is 14.0. The largest absolute Gasteiger partial charge is 0.469 e. The number of guanidine groups is 1. The average Bonchev–Trinajstić information content (AvgIpc) is 3.31. The first-order valence-electron chi connectivity index (χ1n) is 9.63. The lowest BCUT2D eigenvalue weighted by atomic mass is 10.1. The third-order valence-electron chi connectivity index (χ3n) is 5.16. The molecule has 0 aromatic carbocycles. The van der Waals surface area contributed by atoms with Crippen molar-refractivity contribution in [1.82, 2.24) is 15.5 Å². The maximum absolute atomic E-state index is 5.37. The van der Waals surface area contributed by atoms with Crippen LogP contribution < -0.4 is 10.6 Å². The van der Waals surface area contributed by atoms with Crippen LogP contribution in [0.5, 0.6) is 0 Å². The Hall–Kier alpha value is -0.760. The molecule has 2 fully saturated rings. The van der Waals surface area contributed by atoms with Gasteiger partial charge in [0, 0.05) is 45.2 Å². The third kappa shape index (κ3) is 6.81. The number of hydrogen-bond acceptors (Lipinski definition) is 3. The Morgan fingerprint density at radius 1 is 1.32 bits per heavy atom. The lowest BCUT2D eigenvalue weighted by Crippen LogP contribution is -2.45. The van der Waals surface area contributed by atoms with Crippen molar-refractivity contribution < 1.29 is 4.42 Å². The monoisotopic (exact) mass is 460 g/mol. The molecule has 0 radical (unpaired) electrons. The number of hydrogen-bond donors (Lipinski definition) is 2. The number of likely N-dealkylation sites (tertiary alicyclic amines) is 1. The fourth-order valence-electron chi connectivity index (χ4n) is 3.92. The van der Waals surface area contributed by atoms with Gasteiger partial charge in [0.15, 0.2) is 5.96 Å². The van der Waals surface area contributed by atoms with Crippen LogP contribution in [0, 0.1) is 5.92 Å². The predicted molar refractivity (Wildman–Crippen MR) is 114 cm³/mol. The van der Waals surface area contributed by atoms with Crippen LogP contribution >= 0.6 is 24.0 Å². The molecule has 1 unspecified atom stereocenters. The number of rotatable bonds is 7. The highest BCUT2D eigenvalue weighted by Gasteiger charge is 2.26. The molecule has 2 aliphatic rings. The maximum Gasteiger partial charge on any atom is 0.191 e. The summed E-state index contributed by atoms with van der Waals surface area (Å²) in [6.45, 7) is 7.43. The average molecular weight is 460 g/mol. The molecule has 1 saturated heterocycles. The first kappa shape index (κ1) is 20.6. The van der Waals surface area contributed by atoms with Crippen LogP contribution in [0.15, 0.2) is 27.8 Å². The third-order valence-corrected chi connectivity index (χ3v) is 5.16. The maximum atomic E-state index is 5.37.